The molecule has 1 atom stereocenters. The summed E-state index contributed by atoms with van der Waals surface area (Å²) in [4.78, 5) is 11.7. The van der Waals surface area contributed by atoms with Crippen LogP contribution in [0, 0.1) is 16.7 Å². The van der Waals surface area contributed by atoms with E-state index in [-0.39, 0.29) is 30.0 Å². The van der Waals surface area contributed by atoms with E-state index in [0.29, 0.717) is 11.9 Å². The molecule has 4 N–H and O–H groups in total. The van der Waals surface area contributed by atoms with Gasteiger partial charge in [-0.15, -0.1) is 0 Å². The van der Waals surface area contributed by atoms with E-state index in [1.54, 1.807) is 6.92 Å². The quantitative estimate of drug-likeness (QED) is 0.457. The minimum atomic E-state index is -4.59. The van der Waals surface area contributed by atoms with Crippen LogP contribution in [0.4, 0.5) is 29.3 Å². The van der Waals surface area contributed by atoms with Crippen LogP contribution in [0.2, 0.25) is 0 Å². The molecule has 0 aromatic carbocycles. The van der Waals surface area contributed by atoms with E-state index in [9.17, 15) is 17.6 Å². The molecular weight excluding hydrogens is 378 g/mol. The number of nitrogens with one attached hydrogen (secondary N) is 2. The second-order valence-electron chi connectivity index (χ2n) is 6.79. The van der Waals surface area contributed by atoms with E-state index < -0.39 is 23.8 Å². The van der Waals surface area contributed by atoms with E-state index >= 15 is 0 Å². The summed E-state index contributed by atoms with van der Waals surface area (Å²) in [6.07, 6.45) is -1.21. The predicted octanol–water partition coefficient (Wildman–Crippen LogP) is 3.24. The Morgan fingerprint density at radius 1 is 1.46 bits per heavy atom. The number of aliphatic imine (C=N–C) groups is 1. The Kier molecular flexibility index (Phi) is 6.43. The fourth-order valence-electron chi connectivity index (χ4n) is 2.04. The van der Waals surface area contributed by atoms with Crippen molar-refractivity contribution >= 4 is 17.5 Å². The number of hydrogen-bond donors (Lipinski definition) is 3. The minimum absolute atomic E-state index is 0.0407. The first kappa shape index (κ1) is 21.4. The van der Waals surface area contributed by atoms with Crippen LogP contribution in [-0.4, -0.2) is 34.9 Å². The van der Waals surface area contributed by atoms with Gasteiger partial charge in [-0.3, -0.25) is 4.99 Å². The maximum absolute atomic E-state index is 13.1. The molecular formula is C17H21F4N7. The number of alkyl halides is 4. The van der Waals surface area contributed by atoms with Crippen molar-refractivity contribution in [3.8, 4) is 6.07 Å². The van der Waals surface area contributed by atoms with Gasteiger partial charge in [-0.2, -0.15) is 23.4 Å². The Hall–Kier alpha value is -2.90. The van der Waals surface area contributed by atoms with Crippen LogP contribution < -0.4 is 16.4 Å². The van der Waals surface area contributed by atoms with Gasteiger partial charge < -0.3 is 16.4 Å². The summed E-state index contributed by atoms with van der Waals surface area (Å²) in [6, 6.07) is 1.81. The normalized spacial score (nSPS) is 17.6. The van der Waals surface area contributed by atoms with E-state index in [2.05, 4.69) is 25.6 Å². The monoisotopic (exact) mass is 399 g/mol. The van der Waals surface area contributed by atoms with Crippen LogP contribution in [0.15, 0.2) is 23.1 Å². The molecule has 1 aliphatic carbocycles. The molecule has 28 heavy (non-hydrogen) atoms. The van der Waals surface area contributed by atoms with Crippen molar-refractivity contribution in [3.05, 3.63) is 23.7 Å². The second kappa shape index (κ2) is 8.41. The number of nitrogens with zero attached hydrogens (tertiary/aromatic N) is 4. The molecule has 0 saturated heterocycles. The fourth-order valence-corrected chi connectivity index (χ4v) is 2.04. The summed E-state index contributed by atoms with van der Waals surface area (Å²) in [6.45, 7) is 2.02. The first-order chi connectivity index (χ1) is 13.1. The zero-order chi connectivity index (χ0) is 20.9. The molecule has 0 amide bonds. The highest BCUT2D eigenvalue weighted by Crippen LogP contribution is 2.36. The highest BCUT2D eigenvalue weighted by atomic mass is 19.4. The third-order valence-corrected chi connectivity index (χ3v) is 4.05. The standard InChI is InChI=1S/C17H21F4N7/c1-10(25-9-16(2,7-18)8-23)13(5-22)27-15-24-6-12(17(19,20)21)14(28-15)26-11-3-4-11/h5-6,11H,3-4,7,9,22H2,1-2H3,(H2,24,26,27,28)/b13-5+,25-10?. The van der Waals surface area contributed by atoms with Gasteiger partial charge in [0.1, 0.15) is 23.5 Å². The van der Waals surface area contributed by atoms with Gasteiger partial charge in [0, 0.05) is 18.4 Å². The highest BCUT2D eigenvalue weighted by Gasteiger charge is 2.37. The van der Waals surface area contributed by atoms with Crippen LogP contribution >= 0.6 is 0 Å². The van der Waals surface area contributed by atoms with Crippen molar-refractivity contribution in [2.75, 3.05) is 23.9 Å². The second-order valence-corrected chi connectivity index (χ2v) is 6.79. The van der Waals surface area contributed by atoms with Crippen molar-refractivity contribution in [1.29, 1.82) is 5.26 Å². The first-order valence-corrected chi connectivity index (χ1v) is 8.50. The van der Waals surface area contributed by atoms with Gasteiger partial charge in [0.15, 0.2) is 0 Å². The Morgan fingerprint density at radius 3 is 2.64 bits per heavy atom. The van der Waals surface area contributed by atoms with Crippen molar-refractivity contribution in [3.63, 3.8) is 0 Å². The molecule has 0 spiro atoms. The third kappa shape index (κ3) is 5.55. The minimum Gasteiger partial charge on any atom is -0.403 e. The zero-order valence-corrected chi connectivity index (χ0v) is 15.4. The third-order valence-electron chi connectivity index (χ3n) is 4.05. The molecule has 0 bridgehead atoms. The Labute approximate surface area is 159 Å². The molecule has 0 aliphatic heterocycles. The van der Waals surface area contributed by atoms with Gasteiger partial charge in [-0.25, -0.2) is 9.37 Å². The van der Waals surface area contributed by atoms with E-state index in [0.717, 1.165) is 19.0 Å². The molecule has 1 aliphatic rings. The lowest BCUT2D eigenvalue weighted by molar-refractivity contribution is -0.137. The lowest BCUT2D eigenvalue weighted by atomic mass is 9.95. The van der Waals surface area contributed by atoms with Crippen LogP contribution in [0.1, 0.15) is 32.3 Å². The van der Waals surface area contributed by atoms with Gasteiger partial charge in [-0.05, 0) is 26.7 Å². The summed E-state index contributed by atoms with van der Waals surface area (Å²) < 4.78 is 52.4. The van der Waals surface area contributed by atoms with Crippen molar-refractivity contribution in [2.24, 2.45) is 16.1 Å². The molecule has 1 fully saturated rings. The largest absolute Gasteiger partial charge is 0.421 e. The van der Waals surface area contributed by atoms with Crippen molar-refractivity contribution in [1.82, 2.24) is 9.97 Å². The molecule has 152 valence electrons. The van der Waals surface area contributed by atoms with Crippen molar-refractivity contribution in [2.45, 2.75) is 38.9 Å². The van der Waals surface area contributed by atoms with Gasteiger partial charge in [0.25, 0.3) is 0 Å². The van der Waals surface area contributed by atoms with Crippen LogP contribution in [0.5, 0.6) is 0 Å². The number of nitriles is 1. The summed E-state index contributed by atoms with van der Waals surface area (Å²) in [5.41, 5.74) is 3.89. The van der Waals surface area contributed by atoms with Crippen LogP contribution in [-0.2, 0) is 6.18 Å². The first-order valence-electron chi connectivity index (χ1n) is 8.50. The summed E-state index contributed by atoms with van der Waals surface area (Å²) in [5.74, 6) is -0.413. The van der Waals surface area contributed by atoms with Gasteiger partial charge in [0.2, 0.25) is 5.95 Å². The van der Waals surface area contributed by atoms with E-state index in [1.807, 2.05) is 6.07 Å². The van der Waals surface area contributed by atoms with Crippen molar-refractivity contribution < 1.29 is 17.6 Å². The molecule has 0 radical (unpaired) electrons. The molecule has 1 aromatic rings. The summed E-state index contributed by atoms with van der Waals surface area (Å²) >= 11 is 0. The van der Waals surface area contributed by atoms with Crippen LogP contribution in [0.25, 0.3) is 0 Å². The Morgan fingerprint density at radius 2 is 2.14 bits per heavy atom. The molecule has 7 nitrogen and oxygen atoms in total. The number of allylic oxidation sites excluding steroid dienone is 1. The summed E-state index contributed by atoms with van der Waals surface area (Å²) in [7, 11) is 0. The van der Waals surface area contributed by atoms with Gasteiger partial charge in [-0.1, -0.05) is 0 Å². The number of rotatable bonds is 8. The van der Waals surface area contributed by atoms with E-state index in [1.165, 1.54) is 6.92 Å². The summed E-state index contributed by atoms with van der Waals surface area (Å²) in [5, 5.41) is 14.5. The molecule has 1 aromatic heterocycles. The Bertz CT molecular complexity index is 809. The molecule has 1 unspecified atom stereocenters. The number of nitrogens with two attached hydrogens (primary N) is 1. The average Bonchev–Trinajstić information content (AvgIpc) is 3.47. The number of halogens is 4. The number of aromatic nitrogens is 2. The predicted molar refractivity (Wildman–Crippen MR) is 97.2 cm³/mol. The highest BCUT2D eigenvalue weighted by molar-refractivity contribution is 6.00. The number of anilines is 2. The maximum atomic E-state index is 13.1. The fraction of sp³-hybridized carbons (Fsp3) is 0.529. The lowest BCUT2D eigenvalue weighted by Gasteiger charge is -2.17. The van der Waals surface area contributed by atoms with Gasteiger partial charge >= 0.3 is 6.18 Å². The average molecular weight is 399 g/mol. The SMILES string of the molecule is CC(=NCC(C)(C#N)CF)/C(=C\N)Nc1ncc(C(F)(F)F)c(NC2CC2)n1. The number of hydrogen-bond acceptors (Lipinski definition) is 7. The van der Waals surface area contributed by atoms with E-state index in [4.69, 9.17) is 11.0 Å². The topological polar surface area (TPSA) is 112 Å². The molecule has 1 saturated carbocycles. The van der Waals surface area contributed by atoms with Gasteiger partial charge in [0.05, 0.1) is 24.0 Å². The molecule has 2 rings (SSSR count). The lowest BCUT2D eigenvalue weighted by Crippen LogP contribution is -2.22. The molecule has 11 heteroatoms. The zero-order valence-electron chi connectivity index (χ0n) is 15.4. The smallest absolute Gasteiger partial charge is 0.403 e. The Balaban J connectivity index is 2.21. The maximum Gasteiger partial charge on any atom is 0.421 e. The molecule has 1 heterocycles. The van der Waals surface area contributed by atoms with Crippen LogP contribution in [0.3, 0.4) is 0 Å².